The van der Waals surface area contributed by atoms with Crippen LogP contribution in [0.2, 0.25) is 0 Å². The van der Waals surface area contributed by atoms with E-state index in [4.69, 9.17) is 24.7 Å². The third-order valence-corrected chi connectivity index (χ3v) is 5.90. The number of nitrogens with zero attached hydrogens (tertiary/aromatic N) is 2. The molecule has 1 saturated heterocycles. The van der Waals surface area contributed by atoms with Gasteiger partial charge in [-0.05, 0) is 38.5 Å². The zero-order valence-corrected chi connectivity index (χ0v) is 24.2. The van der Waals surface area contributed by atoms with Crippen molar-refractivity contribution in [3.63, 3.8) is 0 Å². The van der Waals surface area contributed by atoms with Gasteiger partial charge in [0.1, 0.15) is 36.3 Å². The highest BCUT2D eigenvalue weighted by Crippen LogP contribution is 2.31. The van der Waals surface area contributed by atoms with Gasteiger partial charge in [-0.15, -0.1) is 0 Å². The molecular weight excluding hydrogens is 560 g/mol. The van der Waals surface area contributed by atoms with Crippen LogP contribution in [0.1, 0.15) is 32.8 Å². The SMILES string of the molecule is CN(CCN(C)C(=O)OC(C)(C)C)C(=O)OCc1ccc(O[C@@H]2O[C@H](C(=O)O)[C@@H](O)[C@H](O)[C@H]2O)c(NC(=O)CCN)c1. The van der Waals surface area contributed by atoms with Crippen molar-refractivity contribution < 1.29 is 58.6 Å². The van der Waals surface area contributed by atoms with E-state index >= 15 is 0 Å². The molecule has 16 nitrogen and oxygen atoms in total. The Bertz CT molecular complexity index is 1110. The Labute approximate surface area is 242 Å². The molecule has 0 aliphatic carbocycles. The average Bonchev–Trinajstić information content (AvgIpc) is 2.90. The number of carboxylic acids is 1. The molecule has 1 aliphatic rings. The van der Waals surface area contributed by atoms with Gasteiger partial charge >= 0.3 is 18.2 Å². The van der Waals surface area contributed by atoms with Crippen molar-refractivity contribution in [2.75, 3.05) is 39.0 Å². The quantitative estimate of drug-likeness (QED) is 0.191. The number of aliphatic carboxylic acids is 1. The summed E-state index contributed by atoms with van der Waals surface area (Å²) in [5.41, 5.74) is 5.26. The Morgan fingerprint density at radius 3 is 2.19 bits per heavy atom. The molecule has 0 aromatic heterocycles. The number of nitrogens with one attached hydrogen (secondary N) is 1. The van der Waals surface area contributed by atoms with Crippen molar-refractivity contribution in [3.8, 4) is 5.75 Å². The maximum absolute atomic E-state index is 12.5. The van der Waals surface area contributed by atoms with Crippen molar-refractivity contribution in [1.82, 2.24) is 9.80 Å². The summed E-state index contributed by atoms with van der Waals surface area (Å²) in [7, 11) is 3.03. The molecule has 3 amide bonds. The van der Waals surface area contributed by atoms with Crippen LogP contribution in [0.3, 0.4) is 0 Å². The lowest BCUT2D eigenvalue weighted by Gasteiger charge is -2.38. The van der Waals surface area contributed by atoms with Crippen LogP contribution >= 0.6 is 0 Å². The first-order valence-corrected chi connectivity index (χ1v) is 13.1. The second kappa shape index (κ2) is 15.0. The highest BCUT2D eigenvalue weighted by molar-refractivity contribution is 5.92. The highest BCUT2D eigenvalue weighted by Gasteiger charge is 2.48. The predicted molar refractivity (Wildman–Crippen MR) is 145 cm³/mol. The second-order valence-electron chi connectivity index (χ2n) is 10.6. The van der Waals surface area contributed by atoms with E-state index in [1.165, 1.54) is 35.0 Å². The van der Waals surface area contributed by atoms with E-state index in [0.29, 0.717) is 5.56 Å². The number of amides is 3. The van der Waals surface area contributed by atoms with E-state index in [1.807, 2.05) is 0 Å². The molecule has 0 bridgehead atoms. The maximum Gasteiger partial charge on any atom is 0.410 e. The van der Waals surface area contributed by atoms with Gasteiger partial charge in [0.25, 0.3) is 0 Å². The van der Waals surface area contributed by atoms with Crippen LogP contribution < -0.4 is 15.8 Å². The number of ether oxygens (including phenoxy) is 4. The normalized spacial score (nSPS) is 22.1. The summed E-state index contributed by atoms with van der Waals surface area (Å²) in [6.45, 7) is 5.40. The van der Waals surface area contributed by atoms with Gasteiger partial charge in [0, 0.05) is 40.2 Å². The van der Waals surface area contributed by atoms with Crippen molar-refractivity contribution in [3.05, 3.63) is 23.8 Å². The summed E-state index contributed by atoms with van der Waals surface area (Å²) >= 11 is 0. The van der Waals surface area contributed by atoms with Gasteiger partial charge in [0.15, 0.2) is 6.10 Å². The smallest absolute Gasteiger partial charge is 0.410 e. The molecule has 42 heavy (non-hydrogen) atoms. The molecule has 236 valence electrons. The molecule has 1 aromatic rings. The van der Waals surface area contributed by atoms with Gasteiger partial charge in [0.05, 0.1) is 5.69 Å². The third-order valence-electron chi connectivity index (χ3n) is 5.90. The summed E-state index contributed by atoms with van der Waals surface area (Å²) in [5, 5.41) is 42.1. The average molecular weight is 601 g/mol. The lowest BCUT2D eigenvalue weighted by molar-refractivity contribution is -0.271. The van der Waals surface area contributed by atoms with E-state index in [9.17, 15) is 39.6 Å². The molecule has 16 heteroatoms. The summed E-state index contributed by atoms with van der Waals surface area (Å²) in [6.07, 6.45) is -10.5. The maximum atomic E-state index is 12.5. The molecule has 1 fully saturated rings. The van der Waals surface area contributed by atoms with E-state index in [2.05, 4.69) is 5.32 Å². The van der Waals surface area contributed by atoms with Gasteiger partial charge in [-0.2, -0.15) is 0 Å². The van der Waals surface area contributed by atoms with Crippen molar-refractivity contribution in [2.24, 2.45) is 5.73 Å². The van der Waals surface area contributed by atoms with Gasteiger partial charge in [-0.25, -0.2) is 14.4 Å². The zero-order valence-electron chi connectivity index (χ0n) is 24.2. The summed E-state index contributed by atoms with van der Waals surface area (Å²) < 4.78 is 21.3. The number of carbonyl (C=O) groups excluding carboxylic acids is 3. The van der Waals surface area contributed by atoms with Gasteiger partial charge in [0.2, 0.25) is 12.2 Å². The van der Waals surface area contributed by atoms with Gasteiger partial charge in [-0.3, -0.25) is 4.79 Å². The molecule has 7 N–H and O–H groups in total. The minimum absolute atomic E-state index is 0.0452. The number of benzene rings is 1. The zero-order chi connectivity index (χ0) is 31.8. The first-order chi connectivity index (χ1) is 19.5. The Morgan fingerprint density at radius 2 is 1.62 bits per heavy atom. The Kier molecular flexibility index (Phi) is 12.3. The van der Waals surface area contributed by atoms with Gasteiger partial charge < -0.3 is 60.2 Å². The fourth-order valence-electron chi connectivity index (χ4n) is 3.56. The minimum Gasteiger partial charge on any atom is -0.479 e. The van der Waals surface area contributed by atoms with Crippen LogP contribution in [0.5, 0.6) is 5.75 Å². The van der Waals surface area contributed by atoms with E-state index in [0.717, 1.165) is 0 Å². The second-order valence-corrected chi connectivity index (χ2v) is 10.6. The number of hydrogen-bond donors (Lipinski definition) is 6. The molecular formula is C26H40N4O12. The van der Waals surface area contributed by atoms with Crippen LogP contribution in [0.4, 0.5) is 15.3 Å². The van der Waals surface area contributed by atoms with Crippen molar-refractivity contribution in [2.45, 2.75) is 70.1 Å². The molecule has 1 heterocycles. The molecule has 1 aliphatic heterocycles. The molecule has 2 rings (SSSR count). The molecule has 0 spiro atoms. The Balaban J connectivity index is 2.09. The Morgan fingerprint density at radius 1 is 1.00 bits per heavy atom. The Hall–Kier alpha value is -3.70. The summed E-state index contributed by atoms with van der Waals surface area (Å²) in [5.74, 6) is -2.15. The van der Waals surface area contributed by atoms with Crippen LogP contribution in [0.15, 0.2) is 18.2 Å². The fraction of sp³-hybridized carbons (Fsp3) is 0.615. The lowest BCUT2D eigenvalue weighted by atomic mass is 9.99. The highest BCUT2D eigenvalue weighted by atomic mass is 16.7. The number of carbonyl (C=O) groups is 4. The fourth-order valence-corrected chi connectivity index (χ4v) is 3.56. The summed E-state index contributed by atoms with van der Waals surface area (Å²) in [6, 6.07) is 4.25. The van der Waals surface area contributed by atoms with Crippen molar-refractivity contribution in [1.29, 1.82) is 0 Å². The first-order valence-electron chi connectivity index (χ1n) is 13.1. The largest absolute Gasteiger partial charge is 0.479 e. The summed E-state index contributed by atoms with van der Waals surface area (Å²) in [4.78, 5) is 50.9. The van der Waals surface area contributed by atoms with Crippen molar-refractivity contribution >= 4 is 29.8 Å². The number of carboxylic acid groups (broad SMARTS) is 1. The van der Waals surface area contributed by atoms with Crippen LogP contribution in [0, 0.1) is 0 Å². The first kappa shape index (κ1) is 34.5. The topological polar surface area (TPSA) is 231 Å². The van der Waals surface area contributed by atoms with E-state index < -0.39 is 60.4 Å². The molecule has 0 saturated carbocycles. The molecule has 1 aromatic carbocycles. The number of likely N-dealkylation sites (N-methyl/N-ethyl adjacent to an activating group) is 2. The number of hydrogen-bond acceptors (Lipinski definition) is 12. The molecule has 5 atom stereocenters. The van der Waals surface area contributed by atoms with E-state index in [-0.39, 0.29) is 44.1 Å². The van der Waals surface area contributed by atoms with Gasteiger partial charge in [-0.1, -0.05) is 6.07 Å². The number of aliphatic hydroxyl groups excluding tert-OH is 3. The molecule has 0 radical (unpaired) electrons. The molecule has 0 unspecified atom stereocenters. The van der Waals surface area contributed by atoms with Crippen LogP contribution in [-0.4, -0.2) is 124 Å². The third kappa shape index (κ3) is 9.99. The number of anilines is 1. The predicted octanol–water partition coefficient (Wildman–Crippen LogP) is -0.320. The lowest BCUT2D eigenvalue weighted by Crippen LogP contribution is -2.61. The number of aliphatic hydroxyl groups is 3. The standard InChI is InChI=1S/C26H40N4O12/c1-26(2,3)42-25(38)30(5)11-10-29(4)24(37)39-13-14-6-7-16(15(12-14)28-17(31)8-9-27)40-23-20(34)18(32)19(33)21(41-23)22(35)36/h6-7,12,18-21,23,32-34H,8-11,13,27H2,1-5H3,(H,28,31)(H,35,36)/t18-,19-,20+,21-,23+/m0/s1. The van der Waals surface area contributed by atoms with Crippen LogP contribution in [-0.2, 0) is 30.4 Å². The number of nitrogens with two attached hydrogens (primary N) is 1. The van der Waals surface area contributed by atoms with Crippen LogP contribution in [0.25, 0.3) is 0 Å². The monoisotopic (exact) mass is 600 g/mol. The number of rotatable bonds is 11. The minimum atomic E-state index is -1.91. The van der Waals surface area contributed by atoms with E-state index in [1.54, 1.807) is 27.8 Å².